The number of carbonyl (C=O) groups excluding carboxylic acids is 2. The average Bonchev–Trinajstić information content (AvgIpc) is 2.55. The Morgan fingerprint density at radius 3 is 2.08 bits per heavy atom. The zero-order chi connectivity index (χ0) is 17.6. The van der Waals surface area contributed by atoms with E-state index in [1.54, 1.807) is 24.3 Å². The van der Waals surface area contributed by atoms with E-state index in [4.69, 9.17) is 0 Å². The molecule has 0 radical (unpaired) electrons. The van der Waals surface area contributed by atoms with Crippen LogP contribution in [0.25, 0.3) is 0 Å². The summed E-state index contributed by atoms with van der Waals surface area (Å²) in [6.07, 6.45) is 8.42. The summed E-state index contributed by atoms with van der Waals surface area (Å²) < 4.78 is 0. The lowest BCUT2D eigenvalue weighted by Crippen LogP contribution is -2.12. The summed E-state index contributed by atoms with van der Waals surface area (Å²) in [5, 5.41) is 5.58. The normalized spacial score (nSPS) is 10.4. The highest BCUT2D eigenvalue weighted by atomic mass is 32.2. The second-order valence-electron chi connectivity index (χ2n) is 5.94. The van der Waals surface area contributed by atoms with Crippen LogP contribution in [0.2, 0.25) is 0 Å². The summed E-state index contributed by atoms with van der Waals surface area (Å²) in [7, 11) is 0. The van der Waals surface area contributed by atoms with E-state index in [2.05, 4.69) is 17.6 Å². The number of thioether (sulfide) groups is 1. The summed E-state index contributed by atoms with van der Waals surface area (Å²) in [6.45, 7) is 3.71. The molecule has 5 heteroatoms. The molecule has 1 aromatic rings. The van der Waals surface area contributed by atoms with Crippen LogP contribution in [0.4, 0.5) is 11.4 Å². The van der Waals surface area contributed by atoms with Crippen LogP contribution in [0.1, 0.15) is 58.8 Å². The molecule has 0 bridgehead atoms. The van der Waals surface area contributed by atoms with E-state index in [0.29, 0.717) is 6.42 Å². The van der Waals surface area contributed by atoms with Gasteiger partial charge in [-0.05, 0) is 36.4 Å². The van der Waals surface area contributed by atoms with Crippen molar-refractivity contribution < 1.29 is 9.59 Å². The topological polar surface area (TPSA) is 58.2 Å². The molecule has 0 fully saturated rings. The first-order valence-corrected chi connectivity index (χ1v) is 10.0. The molecule has 2 N–H and O–H groups in total. The van der Waals surface area contributed by atoms with Gasteiger partial charge in [-0.15, -0.1) is 0 Å². The van der Waals surface area contributed by atoms with Gasteiger partial charge in [-0.1, -0.05) is 39.0 Å². The van der Waals surface area contributed by atoms with E-state index in [9.17, 15) is 9.59 Å². The molecule has 0 aliphatic heterocycles. The second-order valence-corrected chi connectivity index (χ2v) is 7.16. The molecule has 0 aliphatic carbocycles. The minimum absolute atomic E-state index is 0.0396. The molecule has 0 saturated heterocycles. The smallest absolute Gasteiger partial charge is 0.225 e. The molecule has 4 nitrogen and oxygen atoms in total. The van der Waals surface area contributed by atoms with E-state index in [-0.39, 0.29) is 11.8 Å². The van der Waals surface area contributed by atoms with Gasteiger partial charge in [-0.25, -0.2) is 0 Å². The Bertz CT molecular complexity index is 489. The summed E-state index contributed by atoms with van der Waals surface area (Å²) >= 11 is 1.86. The zero-order valence-corrected chi connectivity index (χ0v) is 15.7. The standard InChI is InChI=1S/C19H30N2O2S/c1-3-4-5-6-7-8-14-24-15-13-19(23)21-18-11-9-17(10-12-18)20-16(2)22/h9-12H,3-8,13-15H2,1-2H3,(H,20,22)(H,21,23). The molecule has 0 heterocycles. The van der Waals surface area contributed by atoms with Crippen LogP contribution >= 0.6 is 11.8 Å². The molecule has 24 heavy (non-hydrogen) atoms. The molecular weight excluding hydrogens is 320 g/mol. The van der Waals surface area contributed by atoms with Gasteiger partial charge in [0.2, 0.25) is 11.8 Å². The van der Waals surface area contributed by atoms with Crippen molar-refractivity contribution in [3.8, 4) is 0 Å². The molecule has 0 spiro atoms. The Morgan fingerprint density at radius 2 is 1.46 bits per heavy atom. The highest BCUT2D eigenvalue weighted by Crippen LogP contribution is 2.15. The van der Waals surface area contributed by atoms with Crippen molar-refractivity contribution >= 4 is 35.0 Å². The van der Waals surface area contributed by atoms with Gasteiger partial charge in [-0.3, -0.25) is 9.59 Å². The third-order valence-electron chi connectivity index (χ3n) is 3.60. The average molecular weight is 351 g/mol. The summed E-state index contributed by atoms with van der Waals surface area (Å²) in [4.78, 5) is 22.8. The van der Waals surface area contributed by atoms with Crippen molar-refractivity contribution in [1.29, 1.82) is 0 Å². The van der Waals surface area contributed by atoms with E-state index in [1.165, 1.54) is 45.4 Å². The lowest BCUT2D eigenvalue weighted by atomic mass is 10.1. The van der Waals surface area contributed by atoms with Gasteiger partial charge in [0.05, 0.1) is 0 Å². The highest BCUT2D eigenvalue weighted by Gasteiger charge is 2.03. The maximum Gasteiger partial charge on any atom is 0.225 e. The van der Waals surface area contributed by atoms with E-state index < -0.39 is 0 Å². The molecule has 1 rings (SSSR count). The molecule has 0 unspecified atom stereocenters. The van der Waals surface area contributed by atoms with Crippen molar-refractivity contribution in [2.45, 2.75) is 58.8 Å². The molecule has 0 atom stereocenters. The number of hydrogen-bond donors (Lipinski definition) is 2. The van der Waals surface area contributed by atoms with E-state index in [1.807, 2.05) is 11.8 Å². The van der Waals surface area contributed by atoms with Crippen LogP contribution in [-0.2, 0) is 9.59 Å². The van der Waals surface area contributed by atoms with Gasteiger partial charge < -0.3 is 10.6 Å². The Kier molecular flexibility index (Phi) is 11.0. The Hall–Kier alpha value is -1.49. The first kappa shape index (κ1) is 20.6. The molecule has 0 aromatic heterocycles. The van der Waals surface area contributed by atoms with Crippen molar-refractivity contribution in [2.24, 2.45) is 0 Å². The van der Waals surface area contributed by atoms with Gasteiger partial charge in [0, 0.05) is 30.5 Å². The predicted octanol–water partition coefficient (Wildman–Crippen LogP) is 5.07. The number of anilines is 2. The largest absolute Gasteiger partial charge is 0.326 e. The number of unbranched alkanes of at least 4 members (excludes halogenated alkanes) is 5. The SMILES string of the molecule is CCCCCCCCSCCC(=O)Nc1ccc(NC(C)=O)cc1. The lowest BCUT2D eigenvalue weighted by molar-refractivity contribution is -0.116. The quantitative estimate of drug-likeness (QED) is 0.518. The van der Waals surface area contributed by atoms with E-state index >= 15 is 0 Å². The summed E-state index contributed by atoms with van der Waals surface area (Å²) in [5.41, 5.74) is 1.49. The maximum absolute atomic E-state index is 11.9. The molecule has 0 aliphatic rings. The fraction of sp³-hybridized carbons (Fsp3) is 0.579. The molecule has 0 saturated carbocycles. The van der Waals surface area contributed by atoms with Crippen LogP contribution in [-0.4, -0.2) is 23.3 Å². The third-order valence-corrected chi connectivity index (χ3v) is 4.67. The van der Waals surface area contributed by atoms with Gasteiger partial charge >= 0.3 is 0 Å². The monoisotopic (exact) mass is 350 g/mol. The van der Waals surface area contributed by atoms with Gasteiger partial charge in [0.1, 0.15) is 0 Å². The van der Waals surface area contributed by atoms with Crippen LogP contribution in [0, 0.1) is 0 Å². The van der Waals surface area contributed by atoms with Crippen molar-refractivity contribution in [3.63, 3.8) is 0 Å². The number of amides is 2. The van der Waals surface area contributed by atoms with E-state index in [0.717, 1.165) is 22.9 Å². The highest BCUT2D eigenvalue weighted by molar-refractivity contribution is 7.99. The maximum atomic E-state index is 11.9. The fourth-order valence-corrected chi connectivity index (χ4v) is 3.26. The van der Waals surface area contributed by atoms with Gasteiger partial charge in [0.25, 0.3) is 0 Å². The Morgan fingerprint density at radius 1 is 0.875 bits per heavy atom. The second kappa shape index (κ2) is 12.9. The van der Waals surface area contributed by atoms with Crippen LogP contribution in [0.5, 0.6) is 0 Å². The predicted molar refractivity (Wildman–Crippen MR) is 105 cm³/mol. The minimum atomic E-state index is -0.103. The fourth-order valence-electron chi connectivity index (χ4n) is 2.32. The third kappa shape index (κ3) is 10.3. The van der Waals surface area contributed by atoms with Crippen LogP contribution in [0.3, 0.4) is 0 Å². The number of hydrogen-bond acceptors (Lipinski definition) is 3. The van der Waals surface area contributed by atoms with Crippen molar-refractivity contribution in [2.75, 3.05) is 22.1 Å². The molecule has 2 amide bonds. The number of benzene rings is 1. The Labute approximate surface area is 150 Å². The minimum Gasteiger partial charge on any atom is -0.326 e. The van der Waals surface area contributed by atoms with Crippen molar-refractivity contribution in [3.05, 3.63) is 24.3 Å². The lowest BCUT2D eigenvalue weighted by Gasteiger charge is -2.07. The first-order valence-electron chi connectivity index (χ1n) is 8.87. The summed E-state index contributed by atoms with van der Waals surface area (Å²) in [5.74, 6) is 1.95. The number of nitrogens with one attached hydrogen (secondary N) is 2. The summed E-state index contributed by atoms with van der Waals surface area (Å²) in [6, 6.07) is 7.16. The Balaban J connectivity index is 2.08. The van der Waals surface area contributed by atoms with Crippen LogP contribution in [0.15, 0.2) is 24.3 Å². The molecular formula is C19H30N2O2S. The van der Waals surface area contributed by atoms with Gasteiger partial charge in [0.15, 0.2) is 0 Å². The zero-order valence-electron chi connectivity index (χ0n) is 14.9. The van der Waals surface area contributed by atoms with Gasteiger partial charge in [-0.2, -0.15) is 11.8 Å². The number of carbonyl (C=O) groups is 2. The van der Waals surface area contributed by atoms with Crippen LogP contribution < -0.4 is 10.6 Å². The molecule has 134 valence electrons. The molecule has 1 aromatic carbocycles. The first-order chi connectivity index (χ1) is 11.6. The van der Waals surface area contributed by atoms with Crippen molar-refractivity contribution in [1.82, 2.24) is 0 Å². The number of rotatable bonds is 12.